The monoisotopic (exact) mass is 316 g/mol. The minimum Gasteiger partial charge on any atom is -0.468 e. The van der Waals surface area contributed by atoms with Gasteiger partial charge in [-0.2, -0.15) is 0 Å². The Morgan fingerprint density at radius 1 is 0.545 bits per heavy atom. The number of hydrogen-bond acceptors (Lipinski definition) is 8. The van der Waals surface area contributed by atoms with Crippen LogP contribution in [0.3, 0.4) is 0 Å². The summed E-state index contributed by atoms with van der Waals surface area (Å²) in [5.74, 6) is -2.99. The molecule has 1 rings (SSSR count). The molecular weight excluding hydrogens is 296 g/mol. The molecule has 0 aliphatic heterocycles. The van der Waals surface area contributed by atoms with Gasteiger partial charge in [0.05, 0.1) is 28.4 Å². The maximum atomic E-state index is 12.0. The molecule has 0 atom stereocenters. The van der Waals surface area contributed by atoms with Gasteiger partial charge in [-0.1, -0.05) is 0 Å². The lowest BCUT2D eigenvalue weighted by molar-refractivity contribution is -0.184. The van der Waals surface area contributed by atoms with E-state index in [0.29, 0.717) is 0 Å². The number of carbonyl (C=O) groups is 4. The zero-order chi connectivity index (χ0) is 17.0. The van der Waals surface area contributed by atoms with E-state index in [9.17, 15) is 19.2 Å². The van der Waals surface area contributed by atoms with Crippen LogP contribution in [0.25, 0.3) is 0 Å². The summed E-state index contributed by atoms with van der Waals surface area (Å²) < 4.78 is 18.7. The topological polar surface area (TPSA) is 105 Å². The van der Waals surface area contributed by atoms with Crippen molar-refractivity contribution in [3.8, 4) is 0 Å². The second-order valence-corrected chi connectivity index (χ2v) is 5.13. The SMILES string of the molecule is COC(=O)C1(C(=O)OC)CCC(C(=O)OC)(C(=O)OC)CC1. The van der Waals surface area contributed by atoms with Gasteiger partial charge in [-0.05, 0) is 25.7 Å². The molecule has 0 N–H and O–H groups in total. The smallest absolute Gasteiger partial charge is 0.323 e. The molecule has 1 fully saturated rings. The third-order valence-electron chi connectivity index (χ3n) is 4.26. The summed E-state index contributed by atoms with van der Waals surface area (Å²) in [6.45, 7) is 0. The Labute approximate surface area is 128 Å². The Balaban J connectivity index is 3.15. The van der Waals surface area contributed by atoms with Gasteiger partial charge in [0.25, 0.3) is 0 Å². The van der Waals surface area contributed by atoms with Crippen molar-refractivity contribution in [1.82, 2.24) is 0 Å². The summed E-state index contributed by atoms with van der Waals surface area (Å²) in [5, 5.41) is 0. The summed E-state index contributed by atoms with van der Waals surface area (Å²) >= 11 is 0. The zero-order valence-electron chi connectivity index (χ0n) is 13.1. The van der Waals surface area contributed by atoms with Crippen LogP contribution in [-0.2, 0) is 38.1 Å². The highest BCUT2D eigenvalue weighted by Gasteiger charge is 2.59. The molecule has 0 aromatic heterocycles. The molecule has 1 aliphatic carbocycles. The molecule has 0 aromatic rings. The third kappa shape index (κ3) is 2.65. The number of carbonyl (C=O) groups excluding carboxylic acids is 4. The highest BCUT2D eigenvalue weighted by Crippen LogP contribution is 2.48. The van der Waals surface area contributed by atoms with Gasteiger partial charge in [-0.25, -0.2) is 0 Å². The van der Waals surface area contributed by atoms with Gasteiger partial charge in [0.2, 0.25) is 0 Å². The number of ether oxygens (including phenoxy) is 4. The van der Waals surface area contributed by atoms with E-state index in [-0.39, 0.29) is 25.7 Å². The van der Waals surface area contributed by atoms with E-state index < -0.39 is 34.7 Å². The molecule has 1 saturated carbocycles. The van der Waals surface area contributed by atoms with Crippen LogP contribution in [0.15, 0.2) is 0 Å². The molecule has 0 unspecified atom stereocenters. The van der Waals surface area contributed by atoms with Crippen molar-refractivity contribution in [2.24, 2.45) is 10.8 Å². The minimum absolute atomic E-state index is 0.0729. The van der Waals surface area contributed by atoms with Crippen molar-refractivity contribution < 1.29 is 38.1 Å². The van der Waals surface area contributed by atoms with Crippen LogP contribution < -0.4 is 0 Å². The number of rotatable bonds is 4. The van der Waals surface area contributed by atoms with Crippen LogP contribution in [0.2, 0.25) is 0 Å². The lowest BCUT2D eigenvalue weighted by Crippen LogP contribution is -2.51. The van der Waals surface area contributed by atoms with Crippen LogP contribution in [0.1, 0.15) is 25.7 Å². The zero-order valence-corrected chi connectivity index (χ0v) is 13.1. The Morgan fingerprint density at radius 3 is 0.864 bits per heavy atom. The van der Waals surface area contributed by atoms with Gasteiger partial charge in [0, 0.05) is 0 Å². The predicted octanol–water partition coefficient (Wildman–Crippen LogP) is 0.225. The van der Waals surface area contributed by atoms with Crippen LogP contribution in [0, 0.1) is 10.8 Å². The van der Waals surface area contributed by atoms with Crippen molar-refractivity contribution in [3.05, 3.63) is 0 Å². The van der Waals surface area contributed by atoms with E-state index in [1.807, 2.05) is 0 Å². The van der Waals surface area contributed by atoms with E-state index >= 15 is 0 Å². The van der Waals surface area contributed by atoms with Gasteiger partial charge >= 0.3 is 23.9 Å². The fourth-order valence-electron chi connectivity index (χ4n) is 2.87. The van der Waals surface area contributed by atoms with Gasteiger partial charge in [0.1, 0.15) is 0 Å². The lowest BCUT2D eigenvalue weighted by Gasteiger charge is -2.39. The average molecular weight is 316 g/mol. The molecular formula is C14H20O8. The number of esters is 4. The van der Waals surface area contributed by atoms with Crippen LogP contribution >= 0.6 is 0 Å². The first-order valence-corrected chi connectivity index (χ1v) is 6.68. The fraction of sp³-hybridized carbons (Fsp3) is 0.714. The number of methoxy groups -OCH3 is 4. The summed E-state index contributed by atoms with van der Waals surface area (Å²) in [4.78, 5) is 48.1. The average Bonchev–Trinajstić information content (AvgIpc) is 2.58. The largest absolute Gasteiger partial charge is 0.468 e. The molecule has 0 heterocycles. The summed E-state index contributed by atoms with van der Waals surface area (Å²) in [7, 11) is 4.65. The Kier molecular flexibility index (Phi) is 5.51. The van der Waals surface area contributed by atoms with Gasteiger partial charge in [-0.15, -0.1) is 0 Å². The molecule has 1 aliphatic rings. The predicted molar refractivity (Wildman–Crippen MR) is 71.4 cm³/mol. The molecule has 8 nitrogen and oxygen atoms in total. The van der Waals surface area contributed by atoms with Crippen molar-refractivity contribution in [3.63, 3.8) is 0 Å². The van der Waals surface area contributed by atoms with Crippen LogP contribution in [-0.4, -0.2) is 52.3 Å². The molecule has 0 amide bonds. The molecule has 8 heteroatoms. The maximum Gasteiger partial charge on any atom is 0.323 e. The molecule has 0 aromatic carbocycles. The van der Waals surface area contributed by atoms with Gasteiger partial charge in [0.15, 0.2) is 10.8 Å². The highest BCUT2D eigenvalue weighted by atomic mass is 16.6. The summed E-state index contributed by atoms with van der Waals surface area (Å²) in [6.07, 6.45) is -0.291. The molecule has 22 heavy (non-hydrogen) atoms. The van der Waals surface area contributed by atoms with Gasteiger partial charge in [-0.3, -0.25) is 19.2 Å². The van der Waals surface area contributed by atoms with Crippen molar-refractivity contribution in [2.45, 2.75) is 25.7 Å². The second-order valence-electron chi connectivity index (χ2n) is 5.13. The van der Waals surface area contributed by atoms with E-state index in [0.717, 1.165) is 28.4 Å². The number of hydrogen-bond donors (Lipinski definition) is 0. The van der Waals surface area contributed by atoms with Crippen molar-refractivity contribution >= 4 is 23.9 Å². The Morgan fingerprint density at radius 2 is 0.727 bits per heavy atom. The molecule has 0 radical (unpaired) electrons. The first-order chi connectivity index (χ1) is 10.3. The van der Waals surface area contributed by atoms with Crippen molar-refractivity contribution in [2.75, 3.05) is 28.4 Å². The highest BCUT2D eigenvalue weighted by molar-refractivity contribution is 6.03. The third-order valence-corrected chi connectivity index (χ3v) is 4.26. The van der Waals surface area contributed by atoms with E-state index in [2.05, 4.69) is 18.9 Å². The standard InChI is InChI=1S/C14H20O8/c1-19-9(15)13(10(16)20-2)5-7-14(8-6-13,11(17)21-3)12(18)22-4/h5-8H2,1-4H3. The molecule has 0 spiro atoms. The Hall–Kier alpha value is -2.12. The van der Waals surface area contributed by atoms with Gasteiger partial charge < -0.3 is 18.9 Å². The molecule has 0 bridgehead atoms. The Bertz CT molecular complexity index is 393. The first-order valence-electron chi connectivity index (χ1n) is 6.68. The minimum atomic E-state index is -1.52. The van der Waals surface area contributed by atoms with Crippen LogP contribution in [0.4, 0.5) is 0 Å². The fourth-order valence-corrected chi connectivity index (χ4v) is 2.87. The molecule has 124 valence electrons. The quantitative estimate of drug-likeness (QED) is 0.412. The first kappa shape index (κ1) is 17.9. The molecule has 0 saturated heterocycles. The second kappa shape index (κ2) is 6.76. The van der Waals surface area contributed by atoms with Crippen LogP contribution in [0.5, 0.6) is 0 Å². The van der Waals surface area contributed by atoms with E-state index in [1.165, 1.54) is 0 Å². The van der Waals surface area contributed by atoms with E-state index in [1.54, 1.807) is 0 Å². The summed E-state index contributed by atoms with van der Waals surface area (Å²) in [5.41, 5.74) is -3.04. The summed E-state index contributed by atoms with van der Waals surface area (Å²) in [6, 6.07) is 0. The maximum absolute atomic E-state index is 12.0. The van der Waals surface area contributed by atoms with E-state index in [4.69, 9.17) is 0 Å². The lowest BCUT2D eigenvalue weighted by atomic mass is 9.63. The van der Waals surface area contributed by atoms with Crippen molar-refractivity contribution in [1.29, 1.82) is 0 Å². The normalized spacial score (nSPS) is 18.7.